The van der Waals surface area contributed by atoms with Crippen molar-refractivity contribution in [2.45, 2.75) is 33.4 Å². The van der Waals surface area contributed by atoms with Crippen LogP contribution in [0.4, 0.5) is 0 Å². The molecule has 1 aliphatic heterocycles. The smallest absolute Gasteiger partial charge is 0.0538 e. The molecule has 5 nitrogen and oxygen atoms in total. The standard InChI is InChI=1S/C15H29N5/c1-4-20-12-14(10-17-20)15(9-16)19-7-5-18(6-8-19)11-13(2)3/h10,12-13,15H,4-9,11,16H2,1-3H3. The van der Waals surface area contributed by atoms with E-state index >= 15 is 0 Å². The fourth-order valence-corrected chi connectivity index (χ4v) is 2.99. The Hall–Kier alpha value is -0.910. The lowest BCUT2D eigenvalue weighted by Gasteiger charge is -2.39. The third-order valence-electron chi connectivity index (χ3n) is 4.06. The van der Waals surface area contributed by atoms with E-state index in [0.29, 0.717) is 12.6 Å². The molecule has 1 atom stereocenters. The van der Waals surface area contributed by atoms with Gasteiger partial charge in [0.1, 0.15) is 0 Å². The van der Waals surface area contributed by atoms with Gasteiger partial charge in [0.2, 0.25) is 0 Å². The first kappa shape index (κ1) is 15.5. The number of aryl methyl sites for hydroxylation is 1. The van der Waals surface area contributed by atoms with Gasteiger partial charge < -0.3 is 10.6 Å². The summed E-state index contributed by atoms with van der Waals surface area (Å²) in [6, 6.07) is 0.316. The molecule has 1 saturated heterocycles. The van der Waals surface area contributed by atoms with Gasteiger partial charge >= 0.3 is 0 Å². The van der Waals surface area contributed by atoms with Crippen molar-refractivity contribution in [1.82, 2.24) is 19.6 Å². The van der Waals surface area contributed by atoms with Gasteiger partial charge in [-0.05, 0) is 12.8 Å². The zero-order valence-corrected chi connectivity index (χ0v) is 13.1. The van der Waals surface area contributed by atoms with Gasteiger partial charge in [-0.25, -0.2) is 0 Å². The van der Waals surface area contributed by atoms with Crippen molar-refractivity contribution in [3.63, 3.8) is 0 Å². The largest absolute Gasteiger partial charge is 0.329 e. The van der Waals surface area contributed by atoms with Crippen molar-refractivity contribution in [2.24, 2.45) is 11.7 Å². The maximum absolute atomic E-state index is 6.01. The van der Waals surface area contributed by atoms with Gasteiger partial charge in [-0.15, -0.1) is 0 Å². The number of rotatable bonds is 6. The summed E-state index contributed by atoms with van der Waals surface area (Å²) in [7, 11) is 0. The summed E-state index contributed by atoms with van der Waals surface area (Å²) in [5.74, 6) is 0.745. The molecule has 1 aliphatic rings. The lowest BCUT2D eigenvalue weighted by atomic mass is 10.1. The molecule has 1 aromatic heterocycles. The Balaban J connectivity index is 1.93. The molecule has 0 aromatic carbocycles. The molecule has 0 amide bonds. The lowest BCUT2D eigenvalue weighted by Crippen LogP contribution is -2.49. The summed E-state index contributed by atoms with van der Waals surface area (Å²) in [5.41, 5.74) is 7.27. The maximum atomic E-state index is 6.01. The molecule has 20 heavy (non-hydrogen) atoms. The van der Waals surface area contributed by atoms with Gasteiger partial charge in [0.25, 0.3) is 0 Å². The number of nitrogens with zero attached hydrogens (tertiary/aromatic N) is 4. The lowest BCUT2D eigenvalue weighted by molar-refractivity contribution is 0.0912. The van der Waals surface area contributed by atoms with Crippen LogP contribution in [0.25, 0.3) is 0 Å². The molecule has 5 heteroatoms. The number of hydrogen-bond acceptors (Lipinski definition) is 4. The molecule has 0 spiro atoms. The van der Waals surface area contributed by atoms with Gasteiger partial charge in [0.15, 0.2) is 0 Å². The second-order valence-corrected chi connectivity index (χ2v) is 6.11. The van der Waals surface area contributed by atoms with Gasteiger partial charge in [-0.2, -0.15) is 5.10 Å². The highest BCUT2D eigenvalue weighted by Crippen LogP contribution is 2.21. The van der Waals surface area contributed by atoms with Crippen molar-refractivity contribution in [1.29, 1.82) is 0 Å². The number of nitrogens with two attached hydrogens (primary N) is 1. The first-order valence-corrected chi connectivity index (χ1v) is 7.82. The first-order chi connectivity index (χ1) is 9.63. The molecule has 1 aromatic rings. The molecule has 0 bridgehead atoms. The van der Waals surface area contributed by atoms with E-state index in [0.717, 1.165) is 38.6 Å². The van der Waals surface area contributed by atoms with Crippen LogP contribution in [0.5, 0.6) is 0 Å². The van der Waals surface area contributed by atoms with E-state index in [1.165, 1.54) is 12.1 Å². The van der Waals surface area contributed by atoms with Gasteiger partial charge in [0, 0.05) is 57.6 Å². The second-order valence-electron chi connectivity index (χ2n) is 6.11. The molecule has 2 heterocycles. The maximum Gasteiger partial charge on any atom is 0.0538 e. The molecule has 2 rings (SSSR count). The molecule has 0 radical (unpaired) electrons. The topological polar surface area (TPSA) is 50.3 Å². The van der Waals surface area contributed by atoms with E-state index in [4.69, 9.17) is 5.73 Å². The third-order valence-corrected chi connectivity index (χ3v) is 4.06. The van der Waals surface area contributed by atoms with Crippen LogP contribution in [0.3, 0.4) is 0 Å². The van der Waals surface area contributed by atoms with Crippen LogP contribution in [0, 0.1) is 5.92 Å². The summed E-state index contributed by atoms with van der Waals surface area (Å²) in [5, 5.41) is 4.38. The van der Waals surface area contributed by atoms with Gasteiger partial charge in [-0.1, -0.05) is 13.8 Å². The van der Waals surface area contributed by atoms with Crippen molar-refractivity contribution in [3.8, 4) is 0 Å². The van der Waals surface area contributed by atoms with Crippen molar-refractivity contribution < 1.29 is 0 Å². The molecular weight excluding hydrogens is 250 g/mol. The number of hydrogen-bond donors (Lipinski definition) is 1. The summed E-state index contributed by atoms with van der Waals surface area (Å²) in [6.45, 7) is 14.0. The van der Waals surface area contributed by atoms with E-state index in [-0.39, 0.29) is 0 Å². The molecule has 1 fully saturated rings. The van der Waals surface area contributed by atoms with Crippen LogP contribution in [0.1, 0.15) is 32.4 Å². The van der Waals surface area contributed by atoms with Crippen LogP contribution < -0.4 is 5.73 Å². The molecule has 114 valence electrons. The fourth-order valence-electron chi connectivity index (χ4n) is 2.99. The average molecular weight is 279 g/mol. The summed E-state index contributed by atoms with van der Waals surface area (Å²) < 4.78 is 1.98. The minimum atomic E-state index is 0.316. The second kappa shape index (κ2) is 7.20. The number of piperazine rings is 1. The summed E-state index contributed by atoms with van der Waals surface area (Å²) in [4.78, 5) is 5.07. The quantitative estimate of drug-likeness (QED) is 0.849. The SMILES string of the molecule is CCn1cc(C(CN)N2CCN(CC(C)C)CC2)cn1. The Bertz CT molecular complexity index is 393. The van der Waals surface area contributed by atoms with Crippen LogP contribution in [0.15, 0.2) is 12.4 Å². The fraction of sp³-hybridized carbons (Fsp3) is 0.800. The van der Waals surface area contributed by atoms with Gasteiger partial charge in [-0.3, -0.25) is 9.58 Å². The monoisotopic (exact) mass is 279 g/mol. The normalized spacial score (nSPS) is 19.6. The zero-order valence-electron chi connectivity index (χ0n) is 13.1. The first-order valence-electron chi connectivity index (χ1n) is 7.82. The van der Waals surface area contributed by atoms with E-state index < -0.39 is 0 Å². The van der Waals surface area contributed by atoms with Crippen molar-refractivity contribution in [2.75, 3.05) is 39.3 Å². The Morgan fingerprint density at radius 1 is 1.25 bits per heavy atom. The average Bonchev–Trinajstić information content (AvgIpc) is 2.90. The molecule has 2 N–H and O–H groups in total. The number of aromatic nitrogens is 2. The Morgan fingerprint density at radius 2 is 1.95 bits per heavy atom. The van der Waals surface area contributed by atoms with Crippen LogP contribution in [0.2, 0.25) is 0 Å². The highest BCUT2D eigenvalue weighted by Gasteiger charge is 2.25. The predicted octanol–water partition coefficient (Wildman–Crippen LogP) is 1.18. The minimum Gasteiger partial charge on any atom is -0.329 e. The van der Waals surface area contributed by atoms with E-state index in [1.54, 1.807) is 0 Å². The molecule has 1 unspecified atom stereocenters. The zero-order chi connectivity index (χ0) is 14.5. The Kier molecular flexibility index (Phi) is 5.57. The van der Waals surface area contributed by atoms with Crippen molar-refractivity contribution in [3.05, 3.63) is 18.0 Å². The van der Waals surface area contributed by atoms with Crippen LogP contribution >= 0.6 is 0 Å². The third kappa shape index (κ3) is 3.81. The highest BCUT2D eigenvalue weighted by atomic mass is 15.3. The highest BCUT2D eigenvalue weighted by molar-refractivity contribution is 5.11. The summed E-state index contributed by atoms with van der Waals surface area (Å²) >= 11 is 0. The van der Waals surface area contributed by atoms with Crippen LogP contribution in [-0.4, -0.2) is 58.8 Å². The Labute approximate surface area is 122 Å². The van der Waals surface area contributed by atoms with E-state index in [1.807, 2.05) is 10.9 Å². The molecule has 0 saturated carbocycles. The molecule has 0 aliphatic carbocycles. The molecular formula is C15H29N5. The van der Waals surface area contributed by atoms with Crippen LogP contribution in [-0.2, 0) is 6.54 Å². The van der Waals surface area contributed by atoms with E-state index in [9.17, 15) is 0 Å². The summed E-state index contributed by atoms with van der Waals surface area (Å²) in [6.07, 6.45) is 4.11. The van der Waals surface area contributed by atoms with Gasteiger partial charge in [0.05, 0.1) is 12.2 Å². The van der Waals surface area contributed by atoms with E-state index in [2.05, 4.69) is 41.9 Å². The predicted molar refractivity (Wildman–Crippen MR) is 82.5 cm³/mol. The van der Waals surface area contributed by atoms with Crippen molar-refractivity contribution >= 4 is 0 Å². The Morgan fingerprint density at radius 3 is 2.45 bits per heavy atom. The minimum absolute atomic E-state index is 0.316.